The quantitative estimate of drug-likeness (QED) is 0.733. The van der Waals surface area contributed by atoms with Crippen LogP contribution in [0.25, 0.3) is 0 Å². The van der Waals surface area contributed by atoms with Gasteiger partial charge in [-0.3, -0.25) is 0 Å². The van der Waals surface area contributed by atoms with E-state index in [0.29, 0.717) is 5.69 Å². The van der Waals surface area contributed by atoms with Crippen LogP contribution in [-0.2, 0) is 0 Å². The molecule has 0 radical (unpaired) electrons. The summed E-state index contributed by atoms with van der Waals surface area (Å²) in [6.45, 7) is 2.10. The van der Waals surface area contributed by atoms with Crippen molar-refractivity contribution in [3.63, 3.8) is 0 Å². The summed E-state index contributed by atoms with van der Waals surface area (Å²) in [5.74, 6) is -1.30. The first-order valence-corrected chi connectivity index (χ1v) is 7.10. The minimum absolute atomic E-state index is 0.0190. The Kier molecular flexibility index (Phi) is 5.14. The van der Waals surface area contributed by atoms with E-state index in [9.17, 15) is 13.9 Å². The van der Waals surface area contributed by atoms with Gasteiger partial charge in [0.1, 0.15) is 5.82 Å². The third-order valence-electron chi connectivity index (χ3n) is 3.41. The molecule has 2 aromatic carbocycles. The molecular weight excluding hydrogens is 272 g/mol. The van der Waals surface area contributed by atoms with Crippen molar-refractivity contribution in [2.75, 3.05) is 5.32 Å². The molecule has 0 heterocycles. The van der Waals surface area contributed by atoms with Gasteiger partial charge in [-0.05, 0) is 36.2 Å². The zero-order valence-corrected chi connectivity index (χ0v) is 11.9. The maximum absolute atomic E-state index is 13.4. The molecule has 0 saturated carbocycles. The molecule has 2 rings (SSSR count). The lowest BCUT2D eigenvalue weighted by Gasteiger charge is -2.20. The van der Waals surface area contributed by atoms with Crippen molar-refractivity contribution in [2.24, 2.45) is 0 Å². The Morgan fingerprint density at radius 2 is 1.81 bits per heavy atom. The highest BCUT2D eigenvalue weighted by Gasteiger charge is 2.12. The number of aromatic hydroxyl groups is 1. The van der Waals surface area contributed by atoms with Gasteiger partial charge in [0.25, 0.3) is 0 Å². The number of nitrogens with one attached hydrogen (secondary N) is 1. The summed E-state index contributed by atoms with van der Waals surface area (Å²) < 4.78 is 26.4. The zero-order valence-electron chi connectivity index (χ0n) is 11.9. The lowest BCUT2D eigenvalue weighted by molar-refractivity contribution is 0.432. The molecule has 2 aromatic rings. The monoisotopic (exact) mass is 291 g/mol. The topological polar surface area (TPSA) is 32.3 Å². The number of hydrogen-bond acceptors (Lipinski definition) is 2. The van der Waals surface area contributed by atoms with Crippen molar-refractivity contribution in [2.45, 2.75) is 32.2 Å². The Balaban J connectivity index is 2.19. The van der Waals surface area contributed by atoms with E-state index >= 15 is 0 Å². The van der Waals surface area contributed by atoms with Gasteiger partial charge in [0.15, 0.2) is 11.6 Å². The van der Waals surface area contributed by atoms with Gasteiger partial charge >= 0.3 is 0 Å². The van der Waals surface area contributed by atoms with Gasteiger partial charge in [-0.15, -0.1) is 0 Å². The number of benzene rings is 2. The van der Waals surface area contributed by atoms with Gasteiger partial charge in [-0.1, -0.05) is 31.9 Å². The fourth-order valence-corrected chi connectivity index (χ4v) is 2.22. The van der Waals surface area contributed by atoms with Gasteiger partial charge in [-0.2, -0.15) is 0 Å². The maximum atomic E-state index is 13.4. The molecule has 1 atom stereocenters. The number of rotatable bonds is 6. The number of anilines is 1. The van der Waals surface area contributed by atoms with Crippen LogP contribution in [0.2, 0.25) is 0 Å². The smallest absolute Gasteiger partial charge is 0.166 e. The molecule has 0 fully saturated rings. The summed E-state index contributed by atoms with van der Waals surface area (Å²) in [6.07, 6.45) is 2.92. The van der Waals surface area contributed by atoms with E-state index in [1.165, 1.54) is 24.3 Å². The molecule has 0 bridgehead atoms. The van der Waals surface area contributed by atoms with E-state index in [-0.39, 0.29) is 17.6 Å². The molecule has 2 nitrogen and oxygen atoms in total. The van der Waals surface area contributed by atoms with Crippen molar-refractivity contribution in [3.8, 4) is 5.75 Å². The highest BCUT2D eigenvalue weighted by atomic mass is 19.1. The third-order valence-corrected chi connectivity index (χ3v) is 3.41. The van der Waals surface area contributed by atoms with Crippen LogP contribution in [0.15, 0.2) is 42.5 Å². The highest BCUT2D eigenvalue weighted by molar-refractivity contribution is 5.48. The Morgan fingerprint density at radius 3 is 2.43 bits per heavy atom. The number of phenolic OH excluding ortho intramolecular Hbond substituents is 1. The first kappa shape index (κ1) is 15.3. The van der Waals surface area contributed by atoms with Crippen LogP contribution in [0.3, 0.4) is 0 Å². The molecule has 4 heteroatoms. The number of halogens is 2. The third kappa shape index (κ3) is 4.18. The summed E-state index contributed by atoms with van der Waals surface area (Å²) in [6, 6.07) is 10.5. The van der Waals surface area contributed by atoms with Crippen LogP contribution in [0, 0.1) is 11.6 Å². The molecule has 112 valence electrons. The number of unbranched alkanes of at least 4 members (excludes halogenated alkanes) is 1. The second-order valence-corrected chi connectivity index (χ2v) is 5.06. The fourth-order valence-electron chi connectivity index (χ4n) is 2.22. The molecule has 1 unspecified atom stereocenters. The summed E-state index contributed by atoms with van der Waals surface area (Å²) in [7, 11) is 0. The van der Waals surface area contributed by atoms with Gasteiger partial charge in [-0.25, -0.2) is 8.78 Å². The van der Waals surface area contributed by atoms with Crippen LogP contribution in [0.4, 0.5) is 14.5 Å². The average molecular weight is 291 g/mol. The minimum atomic E-state index is -0.659. The normalized spacial score (nSPS) is 12.1. The van der Waals surface area contributed by atoms with E-state index in [2.05, 4.69) is 12.2 Å². The molecule has 2 N–H and O–H groups in total. The first-order chi connectivity index (χ1) is 10.1. The van der Waals surface area contributed by atoms with Crippen LogP contribution < -0.4 is 5.32 Å². The van der Waals surface area contributed by atoms with Crippen LogP contribution in [-0.4, -0.2) is 5.11 Å². The average Bonchev–Trinajstić information content (AvgIpc) is 2.48. The van der Waals surface area contributed by atoms with Crippen molar-refractivity contribution in [3.05, 3.63) is 59.7 Å². The van der Waals surface area contributed by atoms with Gasteiger partial charge in [0, 0.05) is 11.8 Å². The lowest BCUT2D eigenvalue weighted by Crippen LogP contribution is -2.11. The van der Waals surface area contributed by atoms with Gasteiger partial charge < -0.3 is 10.4 Å². The van der Waals surface area contributed by atoms with Crippen LogP contribution in [0.5, 0.6) is 5.75 Å². The number of phenols is 1. The minimum Gasteiger partial charge on any atom is -0.505 e. The summed E-state index contributed by atoms with van der Waals surface area (Å²) in [5, 5.41) is 12.5. The molecule has 0 aliphatic heterocycles. The lowest BCUT2D eigenvalue weighted by atomic mass is 10.0. The molecule has 21 heavy (non-hydrogen) atoms. The molecule has 0 aliphatic rings. The molecule has 0 aliphatic carbocycles. The van der Waals surface area contributed by atoms with Crippen molar-refractivity contribution >= 4 is 5.69 Å². The summed E-state index contributed by atoms with van der Waals surface area (Å²) >= 11 is 0. The second-order valence-electron chi connectivity index (χ2n) is 5.06. The van der Waals surface area contributed by atoms with Crippen molar-refractivity contribution in [1.29, 1.82) is 0 Å². The highest BCUT2D eigenvalue weighted by Crippen LogP contribution is 2.27. The second kappa shape index (κ2) is 7.07. The Hall–Kier alpha value is -2.10. The largest absolute Gasteiger partial charge is 0.505 e. The van der Waals surface area contributed by atoms with Crippen molar-refractivity contribution in [1.82, 2.24) is 0 Å². The van der Waals surface area contributed by atoms with E-state index < -0.39 is 5.82 Å². The molecule has 0 saturated heterocycles. The van der Waals surface area contributed by atoms with E-state index in [1.807, 2.05) is 0 Å². The van der Waals surface area contributed by atoms with Crippen LogP contribution >= 0.6 is 0 Å². The predicted molar refractivity (Wildman–Crippen MR) is 80.4 cm³/mol. The molecular formula is C17H19F2NO. The standard InChI is InChI=1S/C17H19F2NO/c1-2-3-4-16(12-5-7-13(18)8-6-12)20-14-9-10-17(21)15(19)11-14/h5-11,16,20-21H,2-4H2,1H3. The summed E-state index contributed by atoms with van der Waals surface area (Å²) in [5.41, 5.74) is 1.55. The van der Waals surface area contributed by atoms with E-state index in [4.69, 9.17) is 0 Å². The summed E-state index contributed by atoms with van der Waals surface area (Å²) in [4.78, 5) is 0. The van der Waals surface area contributed by atoms with E-state index in [1.54, 1.807) is 18.2 Å². The Bertz CT molecular complexity index is 584. The maximum Gasteiger partial charge on any atom is 0.166 e. The SMILES string of the molecule is CCCCC(Nc1ccc(O)c(F)c1)c1ccc(F)cc1. The molecule has 0 spiro atoms. The van der Waals surface area contributed by atoms with E-state index in [0.717, 1.165) is 24.8 Å². The number of hydrogen-bond donors (Lipinski definition) is 2. The predicted octanol–water partition coefficient (Wildman–Crippen LogP) is 5.01. The molecule has 0 amide bonds. The Morgan fingerprint density at radius 1 is 1.10 bits per heavy atom. The Labute approximate surface area is 123 Å². The van der Waals surface area contributed by atoms with Crippen LogP contribution in [0.1, 0.15) is 37.8 Å². The van der Waals surface area contributed by atoms with Gasteiger partial charge in [0.05, 0.1) is 6.04 Å². The molecule has 0 aromatic heterocycles. The fraction of sp³-hybridized carbons (Fsp3) is 0.294. The zero-order chi connectivity index (χ0) is 15.2. The van der Waals surface area contributed by atoms with Crippen molar-refractivity contribution < 1.29 is 13.9 Å². The first-order valence-electron chi connectivity index (χ1n) is 7.10. The van der Waals surface area contributed by atoms with Gasteiger partial charge in [0.2, 0.25) is 0 Å².